The lowest BCUT2D eigenvalue weighted by Gasteiger charge is -2.35. The minimum atomic E-state index is -0.491. The average Bonchev–Trinajstić information content (AvgIpc) is 2.79. The molecule has 1 aliphatic carbocycles. The fourth-order valence-electron chi connectivity index (χ4n) is 3.96. The molecule has 1 fully saturated rings. The number of likely N-dealkylation sites (N-methyl/N-ethyl adjacent to an activating group) is 1. The Labute approximate surface area is 128 Å². The molecule has 1 aromatic rings. The summed E-state index contributed by atoms with van der Waals surface area (Å²) in [7, 11) is 2.16. The molecule has 3 nitrogen and oxygen atoms in total. The number of rotatable bonds is 4. The monoisotopic (exact) mass is 288 g/mol. The van der Waals surface area contributed by atoms with Crippen molar-refractivity contribution < 1.29 is 5.11 Å². The molecule has 0 radical (unpaired) electrons. The molecular weight excluding hydrogens is 260 g/mol. The predicted octanol–water partition coefficient (Wildman–Crippen LogP) is 2.71. The first kappa shape index (κ1) is 14.9. The Morgan fingerprint density at radius 2 is 2.29 bits per heavy atom. The maximum atomic E-state index is 10.6. The van der Waals surface area contributed by atoms with Gasteiger partial charge in [-0.15, -0.1) is 0 Å². The van der Waals surface area contributed by atoms with Gasteiger partial charge in [-0.2, -0.15) is 0 Å². The Morgan fingerprint density at radius 3 is 3.10 bits per heavy atom. The van der Waals surface area contributed by atoms with Crippen LogP contribution >= 0.6 is 0 Å². The minimum Gasteiger partial charge on any atom is -0.389 e. The van der Waals surface area contributed by atoms with Gasteiger partial charge in [-0.3, -0.25) is 0 Å². The second-order valence-corrected chi connectivity index (χ2v) is 7.16. The van der Waals surface area contributed by atoms with Crippen LogP contribution in [0.25, 0.3) is 0 Å². The highest BCUT2D eigenvalue weighted by atomic mass is 16.3. The van der Waals surface area contributed by atoms with Crippen LogP contribution in [0.15, 0.2) is 18.2 Å². The number of fused-ring (bicyclic) bond motifs is 1. The summed E-state index contributed by atoms with van der Waals surface area (Å²) in [6.07, 6.45) is 5.46. The number of anilines is 1. The second-order valence-electron chi connectivity index (χ2n) is 7.16. The molecule has 2 unspecified atom stereocenters. The van der Waals surface area contributed by atoms with Gasteiger partial charge in [0.1, 0.15) is 0 Å². The van der Waals surface area contributed by atoms with E-state index in [1.165, 1.54) is 23.2 Å². The summed E-state index contributed by atoms with van der Waals surface area (Å²) in [4.78, 5) is 2.32. The summed E-state index contributed by atoms with van der Waals surface area (Å²) in [5, 5.41) is 14.1. The standard InChI is InChI=1S/C18H28N2O/c1-14-4-3-8-18(21,11-14)13-19-12-15-5-6-17-16(10-15)7-9-20(17)2/h5-6,10,14,19,21H,3-4,7-9,11-13H2,1-2H3. The molecule has 2 N–H and O–H groups in total. The molecule has 0 spiro atoms. The number of benzene rings is 1. The second kappa shape index (κ2) is 5.98. The Balaban J connectivity index is 1.54. The van der Waals surface area contributed by atoms with Crippen molar-refractivity contribution in [2.45, 2.75) is 51.2 Å². The molecule has 1 aromatic carbocycles. The Hall–Kier alpha value is -1.06. The highest BCUT2D eigenvalue weighted by Crippen LogP contribution is 2.32. The van der Waals surface area contributed by atoms with Gasteiger partial charge in [0, 0.05) is 32.4 Å². The van der Waals surface area contributed by atoms with Crippen LogP contribution in [-0.4, -0.2) is 30.8 Å². The topological polar surface area (TPSA) is 35.5 Å². The van der Waals surface area contributed by atoms with Crippen LogP contribution in [0.2, 0.25) is 0 Å². The molecule has 1 aliphatic heterocycles. The normalized spacial score (nSPS) is 28.7. The van der Waals surface area contributed by atoms with E-state index in [9.17, 15) is 5.11 Å². The third-order valence-corrected chi connectivity index (χ3v) is 5.12. The summed E-state index contributed by atoms with van der Waals surface area (Å²) < 4.78 is 0. The van der Waals surface area contributed by atoms with E-state index < -0.39 is 5.60 Å². The number of aliphatic hydroxyl groups is 1. The van der Waals surface area contributed by atoms with Crippen LogP contribution in [0, 0.1) is 5.92 Å². The molecule has 3 heteroatoms. The zero-order valence-electron chi connectivity index (χ0n) is 13.4. The van der Waals surface area contributed by atoms with Crippen LogP contribution in [0.1, 0.15) is 43.7 Å². The molecular formula is C18H28N2O. The van der Waals surface area contributed by atoms with E-state index >= 15 is 0 Å². The van der Waals surface area contributed by atoms with Gasteiger partial charge in [0.25, 0.3) is 0 Å². The van der Waals surface area contributed by atoms with Gasteiger partial charge in [-0.1, -0.05) is 31.9 Å². The summed E-state index contributed by atoms with van der Waals surface area (Å²) in [5.41, 5.74) is 3.67. The first-order chi connectivity index (χ1) is 10.1. The van der Waals surface area contributed by atoms with E-state index in [1.54, 1.807) is 0 Å². The number of hydrogen-bond donors (Lipinski definition) is 2. The predicted molar refractivity (Wildman–Crippen MR) is 87.7 cm³/mol. The highest BCUT2D eigenvalue weighted by Gasteiger charge is 2.32. The molecule has 0 amide bonds. The summed E-state index contributed by atoms with van der Waals surface area (Å²) >= 11 is 0. The van der Waals surface area contributed by atoms with Gasteiger partial charge in [-0.05, 0) is 42.4 Å². The third kappa shape index (κ3) is 3.41. The minimum absolute atomic E-state index is 0.491. The van der Waals surface area contributed by atoms with Crippen LogP contribution in [0.5, 0.6) is 0 Å². The smallest absolute Gasteiger partial charge is 0.0774 e. The van der Waals surface area contributed by atoms with Gasteiger partial charge in [0.05, 0.1) is 5.60 Å². The van der Waals surface area contributed by atoms with E-state index in [-0.39, 0.29) is 0 Å². The van der Waals surface area contributed by atoms with Crippen molar-refractivity contribution in [1.82, 2.24) is 5.32 Å². The Morgan fingerprint density at radius 1 is 1.43 bits per heavy atom. The maximum Gasteiger partial charge on any atom is 0.0774 e. The van der Waals surface area contributed by atoms with Gasteiger partial charge in [0.15, 0.2) is 0 Å². The van der Waals surface area contributed by atoms with Crippen molar-refractivity contribution in [3.63, 3.8) is 0 Å². The average molecular weight is 288 g/mol. The molecule has 0 bridgehead atoms. The first-order valence-corrected chi connectivity index (χ1v) is 8.32. The lowest BCUT2D eigenvalue weighted by atomic mass is 9.79. The molecule has 0 aromatic heterocycles. The quantitative estimate of drug-likeness (QED) is 0.894. The Bertz CT molecular complexity index is 502. The maximum absolute atomic E-state index is 10.6. The van der Waals surface area contributed by atoms with Crippen LogP contribution in [0.4, 0.5) is 5.69 Å². The molecule has 21 heavy (non-hydrogen) atoms. The number of hydrogen-bond acceptors (Lipinski definition) is 3. The number of nitrogens with one attached hydrogen (secondary N) is 1. The summed E-state index contributed by atoms with van der Waals surface area (Å²) in [5.74, 6) is 0.654. The van der Waals surface area contributed by atoms with E-state index in [0.717, 1.165) is 38.8 Å². The first-order valence-electron chi connectivity index (χ1n) is 8.32. The molecule has 0 saturated heterocycles. The fraction of sp³-hybridized carbons (Fsp3) is 0.667. The lowest BCUT2D eigenvalue weighted by molar-refractivity contribution is -0.0119. The SMILES string of the molecule is CC1CCCC(O)(CNCc2ccc3c(c2)CCN3C)C1. The molecule has 2 aliphatic rings. The van der Waals surface area contributed by atoms with Gasteiger partial charge < -0.3 is 15.3 Å². The molecule has 116 valence electrons. The van der Waals surface area contributed by atoms with Crippen LogP contribution < -0.4 is 10.2 Å². The van der Waals surface area contributed by atoms with Crippen molar-refractivity contribution in [3.05, 3.63) is 29.3 Å². The van der Waals surface area contributed by atoms with Gasteiger partial charge in [0.2, 0.25) is 0 Å². The van der Waals surface area contributed by atoms with Gasteiger partial charge >= 0.3 is 0 Å². The largest absolute Gasteiger partial charge is 0.389 e. The summed E-state index contributed by atoms with van der Waals surface area (Å²) in [6, 6.07) is 6.76. The van der Waals surface area contributed by atoms with Crippen LogP contribution in [-0.2, 0) is 13.0 Å². The molecule has 1 saturated carbocycles. The van der Waals surface area contributed by atoms with E-state index in [1.807, 2.05) is 0 Å². The molecule has 3 rings (SSSR count). The van der Waals surface area contributed by atoms with Crippen molar-refractivity contribution >= 4 is 5.69 Å². The zero-order valence-corrected chi connectivity index (χ0v) is 13.4. The zero-order chi connectivity index (χ0) is 14.9. The van der Waals surface area contributed by atoms with E-state index in [4.69, 9.17) is 0 Å². The Kier molecular flexibility index (Phi) is 4.23. The number of nitrogens with zero attached hydrogens (tertiary/aromatic N) is 1. The van der Waals surface area contributed by atoms with Crippen molar-refractivity contribution in [1.29, 1.82) is 0 Å². The van der Waals surface area contributed by atoms with Crippen molar-refractivity contribution in [2.24, 2.45) is 5.92 Å². The van der Waals surface area contributed by atoms with Crippen molar-refractivity contribution in [3.8, 4) is 0 Å². The summed E-state index contributed by atoms with van der Waals surface area (Å²) in [6.45, 7) is 4.95. The molecule has 2 atom stereocenters. The highest BCUT2D eigenvalue weighted by molar-refractivity contribution is 5.58. The van der Waals surface area contributed by atoms with Gasteiger partial charge in [-0.25, -0.2) is 0 Å². The third-order valence-electron chi connectivity index (χ3n) is 5.12. The molecule has 1 heterocycles. The lowest BCUT2D eigenvalue weighted by Crippen LogP contribution is -2.43. The van der Waals surface area contributed by atoms with E-state index in [2.05, 4.69) is 42.4 Å². The van der Waals surface area contributed by atoms with Crippen LogP contribution in [0.3, 0.4) is 0 Å². The van der Waals surface area contributed by atoms with E-state index in [0.29, 0.717) is 12.5 Å². The van der Waals surface area contributed by atoms with Crippen molar-refractivity contribution in [2.75, 3.05) is 25.0 Å². The fourth-order valence-corrected chi connectivity index (χ4v) is 3.96.